The van der Waals surface area contributed by atoms with E-state index in [4.69, 9.17) is 10.1 Å². The Morgan fingerprint density at radius 2 is 1.94 bits per heavy atom. The highest BCUT2D eigenvalue weighted by molar-refractivity contribution is 5.97. The largest absolute Gasteiger partial charge is 0.457 e. The van der Waals surface area contributed by atoms with Crippen molar-refractivity contribution in [2.45, 2.75) is 44.7 Å². The lowest BCUT2D eigenvalue weighted by molar-refractivity contribution is 0.418. The van der Waals surface area contributed by atoms with Crippen molar-refractivity contribution in [3.8, 4) is 11.5 Å². The molecule has 0 bridgehead atoms. The predicted molar refractivity (Wildman–Crippen MR) is 126 cm³/mol. The Hall–Kier alpha value is -3.27. The molecule has 3 N–H and O–H groups in total. The zero-order chi connectivity index (χ0) is 21.4. The van der Waals surface area contributed by atoms with Gasteiger partial charge < -0.3 is 15.4 Å². The minimum absolute atomic E-state index is 0.0839. The van der Waals surface area contributed by atoms with Crippen LogP contribution < -0.4 is 15.4 Å². The van der Waals surface area contributed by atoms with E-state index in [-0.39, 0.29) is 11.6 Å². The van der Waals surface area contributed by atoms with Gasteiger partial charge in [0.2, 0.25) is 0 Å². The number of amidine groups is 1. The Morgan fingerprint density at radius 1 is 1.10 bits per heavy atom. The number of allylic oxidation sites excluding steroid dienone is 5. The summed E-state index contributed by atoms with van der Waals surface area (Å²) >= 11 is 0. The first-order valence-electron chi connectivity index (χ1n) is 11.1. The van der Waals surface area contributed by atoms with Crippen molar-refractivity contribution in [1.29, 1.82) is 5.41 Å². The SMILES string of the molecule is CC1(C)c2ccccc2Oc2ccc(C(=N)NC3C=CC=C(C4CC=CCC4)N3)cc21. The molecular formula is C27H29N3O. The molecule has 0 saturated heterocycles. The van der Waals surface area contributed by atoms with Gasteiger partial charge in [-0.15, -0.1) is 0 Å². The average Bonchev–Trinajstić information content (AvgIpc) is 2.80. The van der Waals surface area contributed by atoms with E-state index < -0.39 is 0 Å². The van der Waals surface area contributed by atoms with Crippen LogP contribution in [-0.2, 0) is 5.41 Å². The van der Waals surface area contributed by atoms with Gasteiger partial charge in [-0.05, 0) is 55.7 Å². The van der Waals surface area contributed by atoms with Crippen molar-refractivity contribution >= 4 is 5.84 Å². The minimum atomic E-state index is -0.187. The zero-order valence-corrected chi connectivity index (χ0v) is 18.1. The number of nitrogens with one attached hydrogen (secondary N) is 3. The van der Waals surface area contributed by atoms with Gasteiger partial charge in [0, 0.05) is 33.7 Å². The fourth-order valence-corrected chi connectivity index (χ4v) is 4.80. The summed E-state index contributed by atoms with van der Waals surface area (Å²) in [5.74, 6) is 2.72. The molecule has 0 fully saturated rings. The van der Waals surface area contributed by atoms with Crippen molar-refractivity contribution in [2.75, 3.05) is 0 Å². The molecule has 3 aliphatic rings. The number of hydrogen-bond donors (Lipinski definition) is 3. The Labute approximate surface area is 184 Å². The molecule has 0 aromatic heterocycles. The lowest BCUT2D eigenvalue weighted by atomic mass is 9.75. The summed E-state index contributed by atoms with van der Waals surface area (Å²) in [6, 6.07) is 14.2. The van der Waals surface area contributed by atoms with E-state index in [0.29, 0.717) is 11.8 Å². The minimum Gasteiger partial charge on any atom is -0.457 e. The third kappa shape index (κ3) is 3.67. The number of ether oxygens (including phenoxy) is 1. The average molecular weight is 412 g/mol. The molecule has 2 atom stereocenters. The zero-order valence-electron chi connectivity index (χ0n) is 18.1. The summed E-state index contributed by atoms with van der Waals surface area (Å²) in [4.78, 5) is 0. The molecule has 0 spiro atoms. The molecule has 4 nitrogen and oxygen atoms in total. The van der Waals surface area contributed by atoms with Crippen LogP contribution in [0.1, 0.15) is 49.8 Å². The Bertz CT molecular complexity index is 1110. The van der Waals surface area contributed by atoms with Crippen LogP contribution in [0.25, 0.3) is 0 Å². The topological polar surface area (TPSA) is 57.1 Å². The van der Waals surface area contributed by atoms with Gasteiger partial charge in [0.05, 0.1) is 0 Å². The number of dihydropyridines is 1. The smallest absolute Gasteiger partial charge is 0.131 e. The molecule has 0 radical (unpaired) electrons. The van der Waals surface area contributed by atoms with Crippen molar-refractivity contribution in [2.24, 2.45) is 5.92 Å². The second kappa shape index (κ2) is 7.77. The fourth-order valence-electron chi connectivity index (χ4n) is 4.80. The normalized spacial score (nSPS) is 23.0. The molecular weight excluding hydrogens is 382 g/mol. The molecule has 1 aliphatic carbocycles. The summed E-state index contributed by atoms with van der Waals surface area (Å²) in [6.07, 6.45) is 14.2. The third-order valence-electron chi connectivity index (χ3n) is 6.63. The highest BCUT2D eigenvalue weighted by atomic mass is 16.5. The molecule has 2 aromatic rings. The van der Waals surface area contributed by atoms with E-state index in [1.807, 2.05) is 24.3 Å². The monoisotopic (exact) mass is 411 g/mol. The van der Waals surface area contributed by atoms with E-state index in [9.17, 15) is 0 Å². The van der Waals surface area contributed by atoms with Crippen LogP contribution in [0.4, 0.5) is 0 Å². The van der Waals surface area contributed by atoms with Crippen LogP contribution in [-0.4, -0.2) is 12.0 Å². The maximum atomic E-state index is 8.71. The Kier molecular flexibility index (Phi) is 4.93. The van der Waals surface area contributed by atoms with Gasteiger partial charge in [0.15, 0.2) is 0 Å². The van der Waals surface area contributed by atoms with Gasteiger partial charge in [0.1, 0.15) is 23.5 Å². The van der Waals surface area contributed by atoms with E-state index in [0.717, 1.165) is 35.5 Å². The van der Waals surface area contributed by atoms with Gasteiger partial charge in [-0.3, -0.25) is 5.41 Å². The molecule has 2 unspecified atom stereocenters. The summed E-state index contributed by atoms with van der Waals surface area (Å²) in [7, 11) is 0. The van der Waals surface area contributed by atoms with Gasteiger partial charge in [0.25, 0.3) is 0 Å². The van der Waals surface area contributed by atoms with Gasteiger partial charge in [-0.1, -0.05) is 50.3 Å². The van der Waals surface area contributed by atoms with Crippen LogP contribution >= 0.6 is 0 Å². The molecule has 158 valence electrons. The summed E-state index contributed by atoms with van der Waals surface area (Å²) < 4.78 is 6.15. The van der Waals surface area contributed by atoms with E-state index >= 15 is 0 Å². The van der Waals surface area contributed by atoms with Crippen molar-refractivity contribution in [3.05, 3.63) is 95.2 Å². The first kappa shape index (κ1) is 19.7. The lowest BCUT2D eigenvalue weighted by Crippen LogP contribution is -2.45. The molecule has 0 amide bonds. The first-order chi connectivity index (χ1) is 15.0. The van der Waals surface area contributed by atoms with E-state index in [1.54, 1.807) is 0 Å². The summed E-state index contributed by atoms with van der Waals surface area (Å²) in [6.45, 7) is 4.43. The summed E-state index contributed by atoms with van der Waals surface area (Å²) in [5, 5.41) is 15.6. The molecule has 4 heteroatoms. The molecule has 2 heterocycles. The number of hydrogen-bond acceptors (Lipinski definition) is 3. The molecule has 2 aliphatic heterocycles. The van der Waals surface area contributed by atoms with Gasteiger partial charge in [-0.25, -0.2) is 0 Å². The van der Waals surface area contributed by atoms with Crippen molar-refractivity contribution < 1.29 is 4.74 Å². The second-order valence-electron chi connectivity index (χ2n) is 9.06. The van der Waals surface area contributed by atoms with Gasteiger partial charge >= 0.3 is 0 Å². The second-order valence-corrected chi connectivity index (χ2v) is 9.06. The van der Waals surface area contributed by atoms with Crippen LogP contribution in [0.5, 0.6) is 11.5 Å². The highest BCUT2D eigenvalue weighted by Gasteiger charge is 2.34. The molecule has 2 aromatic carbocycles. The van der Waals surface area contributed by atoms with E-state index in [1.165, 1.54) is 17.7 Å². The first-order valence-corrected chi connectivity index (χ1v) is 11.1. The summed E-state index contributed by atoms with van der Waals surface area (Å²) in [5.41, 5.74) is 4.22. The van der Waals surface area contributed by atoms with Crippen molar-refractivity contribution in [1.82, 2.24) is 10.6 Å². The maximum Gasteiger partial charge on any atom is 0.131 e. The molecule has 31 heavy (non-hydrogen) atoms. The van der Waals surface area contributed by atoms with Crippen LogP contribution in [0.2, 0.25) is 0 Å². The number of rotatable bonds is 3. The highest BCUT2D eigenvalue weighted by Crippen LogP contribution is 2.47. The lowest BCUT2D eigenvalue weighted by Gasteiger charge is -2.35. The van der Waals surface area contributed by atoms with Crippen LogP contribution in [0.3, 0.4) is 0 Å². The van der Waals surface area contributed by atoms with Gasteiger partial charge in [-0.2, -0.15) is 0 Å². The molecule has 0 saturated carbocycles. The number of benzene rings is 2. The van der Waals surface area contributed by atoms with Crippen LogP contribution in [0.15, 0.2) is 78.5 Å². The standard InChI is InChI=1S/C27H29N3O/c1-27(2)20-11-6-7-13-23(20)31-24-16-15-19(17-21(24)27)26(28)30-25-14-8-12-22(29-25)18-9-4-3-5-10-18/h3-4,6-8,11-18,25,29H,5,9-10H2,1-2H3,(H2,28,30). The van der Waals surface area contributed by atoms with Crippen molar-refractivity contribution in [3.63, 3.8) is 0 Å². The third-order valence-corrected chi connectivity index (χ3v) is 6.63. The maximum absolute atomic E-state index is 8.71. The number of fused-ring (bicyclic) bond motifs is 2. The van der Waals surface area contributed by atoms with Crippen LogP contribution in [0, 0.1) is 11.3 Å². The quantitative estimate of drug-likeness (QED) is 0.342. The number of para-hydroxylation sites is 1. The molecule has 5 rings (SSSR count). The Morgan fingerprint density at radius 3 is 2.77 bits per heavy atom. The predicted octanol–water partition coefficient (Wildman–Crippen LogP) is 5.76. The Balaban J connectivity index is 1.33. The van der Waals surface area contributed by atoms with E-state index in [2.05, 4.69) is 73.1 Å². The fraction of sp³-hybridized carbons (Fsp3) is 0.296.